The molecule has 30 heavy (non-hydrogen) atoms. The van der Waals surface area contributed by atoms with Crippen molar-refractivity contribution in [3.05, 3.63) is 71.1 Å². The highest BCUT2D eigenvalue weighted by molar-refractivity contribution is 7.18. The van der Waals surface area contributed by atoms with Crippen molar-refractivity contribution in [2.24, 2.45) is 5.92 Å². The van der Waals surface area contributed by atoms with Crippen LogP contribution in [0.25, 0.3) is 10.4 Å². The Labute approximate surface area is 180 Å². The standard InChI is InChI=1S/C24H25NO4S/c1-16(2)12-22(26)25(15-17-8-7-11-19(13-17)29-3)20-14-21(30-23(20)24(27)28)18-9-5-4-6-10-18/h4-11,13-14,16H,12,15H2,1-3H3,(H,27,28). The SMILES string of the molecule is COc1cccc(CN(C(=O)CC(C)C)c2cc(-c3ccccc3)sc2C(=O)O)c1. The molecule has 1 amide bonds. The third kappa shape index (κ3) is 5.07. The zero-order chi connectivity index (χ0) is 21.7. The smallest absolute Gasteiger partial charge is 0.348 e. The van der Waals surface area contributed by atoms with Crippen LogP contribution >= 0.6 is 11.3 Å². The number of carbonyl (C=O) groups is 2. The van der Waals surface area contributed by atoms with Crippen LogP contribution in [-0.4, -0.2) is 24.1 Å². The third-order valence-corrected chi connectivity index (χ3v) is 5.78. The van der Waals surface area contributed by atoms with Gasteiger partial charge in [-0.2, -0.15) is 0 Å². The summed E-state index contributed by atoms with van der Waals surface area (Å²) in [6.45, 7) is 4.22. The zero-order valence-electron chi connectivity index (χ0n) is 17.3. The van der Waals surface area contributed by atoms with Crippen LogP contribution < -0.4 is 9.64 Å². The summed E-state index contributed by atoms with van der Waals surface area (Å²) in [5.41, 5.74) is 2.23. The van der Waals surface area contributed by atoms with Gasteiger partial charge in [0, 0.05) is 11.3 Å². The lowest BCUT2D eigenvalue weighted by atomic mass is 10.1. The molecule has 0 saturated carbocycles. The molecular weight excluding hydrogens is 398 g/mol. The number of benzene rings is 2. The first-order valence-corrected chi connectivity index (χ1v) is 10.6. The summed E-state index contributed by atoms with van der Waals surface area (Å²) >= 11 is 1.19. The van der Waals surface area contributed by atoms with Crippen molar-refractivity contribution in [2.75, 3.05) is 12.0 Å². The van der Waals surface area contributed by atoms with Crippen molar-refractivity contribution in [1.82, 2.24) is 0 Å². The van der Waals surface area contributed by atoms with E-state index >= 15 is 0 Å². The number of thiophene rings is 1. The van der Waals surface area contributed by atoms with Crippen LogP contribution in [0.3, 0.4) is 0 Å². The largest absolute Gasteiger partial charge is 0.497 e. The fourth-order valence-electron chi connectivity index (χ4n) is 3.20. The molecule has 0 spiro atoms. The van der Waals surface area contributed by atoms with Gasteiger partial charge in [0.05, 0.1) is 19.3 Å². The number of carboxylic acid groups (broad SMARTS) is 1. The molecule has 0 unspecified atom stereocenters. The maximum Gasteiger partial charge on any atom is 0.348 e. The molecular formula is C24H25NO4S. The summed E-state index contributed by atoms with van der Waals surface area (Å²) in [4.78, 5) is 27.7. The third-order valence-electron chi connectivity index (χ3n) is 4.61. The van der Waals surface area contributed by atoms with Gasteiger partial charge in [0.1, 0.15) is 10.6 Å². The summed E-state index contributed by atoms with van der Waals surface area (Å²) in [7, 11) is 1.59. The van der Waals surface area contributed by atoms with Crippen molar-refractivity contribution in [3.8, 4) is 16.2 Å². The maximum atomic E-state index is 13.1. The lowest BCUT2D eigenvalue weighted by molar-refractivity contribution is -0.119. The van der Waals surface area contributed by atoms with E-state index in [1.54, 1.807) is 12.0 Å². The molecule has 0 aliphatic rings. The summed E-state index contributed by atoms with van der Waals surface area (Å²) in [6, 6.07) is 18.9. The summed E-state index contributed by atoms with van der Waals surface area (Å²) in [5, 5.41) is 9.84. The molecule has 0 atom stereocenters. The van der Waals surface area contributed by atoms with Crippen LogP contribution in [0.4, 0.5) is 5.69 Å². The highest BCUT2D eigenvalue weighted by Gasteiger charge is 2.26. The Hall–Kier alpha value is -3.12. The lowest BCUT2D eigenvalue weighted by Gasteiger charge is -2.24. The number of nitrogens with zero attached hydrogens (tertiary/aromatic N) is 1. The fourth-order valence-corrected chi connectivity index (χ4v) is 4.21. The van der Waals surface area contributed by atoms with Crippen LogP contribution in [0.15, 0.2) is 60.7 Å². The normalized spacial score (nSPS) is 10.8. The van der Waals surface area contributed by atoms with Crippen LogP contribution in [0.5, 0.6) is 5.75 Å². The first-order valence-electron chi connectivity index (χ1n) is 9.75. The molecule has 0 radical (unpaired) electrons. The van der Waals surface area contributed by atoms with E-state index in [0.29, 0.717) is 17.9 Å². The number of carbonyl (C=O) groups excluding carboxylic acids is 1. The van der Waals surface area contributed by atoms with Crippen LogP contribution in [0.1, 0.15) is 35.5 Å². The van der Waals surface area contributed by atoms with Gasteiger partial charge in [-0.05, 0) is 35.2 Å². The van der Waals surface area contributed by atoms with Gasteiger partial charge in [-0.3, -0.25) is 4.79 Å². The number of hydrogen-bond donors (Lipinski definition) is 1. The predicted molar refractivity (Wildman–Crippen MR) is 120 cm³/mol. The lowest BCUT2D eigenvalue weighted by Crippen LogP contribution is -2.32. The Kier molecular flexibility index (Phi) is 6.90. The number of carboxylic acids is 1. The molecule has 3 aromatic rings. The zero-order valence-corrected chi connectivity index (χ0v) is 18.1. The summed E-state index contributed by atoms with van der Waals surface area (Å²) < 4.78 is 5.30. The minimum absolute atomic E-state index is 0.104. The van der Waals surface area contributed by atoms with Crippen molar-refractivity contribution in [3.63, 3.8) is 0 Å². The number of aromatic carboxylic acids is 1. The van der Waals surface area contributed by atoms with E-state index in [1.165, 1.54) is 11.3 Å². The quantitative estimate of drug-likeness (QED) is 0.505. The van der Waals surface area contributed by atoms with Crippen LogP contribution in [0, 0.1) is 5.92 Å². The molecule has 5 nitrogen and oxygen atoms in total. The van der Waals surface area contributed by atoms with Gasteiger partial charge in [-0.1, -0.05) is 56.3 Å². The fraction of sp³-hybridized carbons (Fsp3) is 0.250. The minimum atomic E-state index is -1.04. The van der Waals surface area contributed by atoms with E-state index in [0.717, 1.165) is 16.0 Å². The van der Waals surface area contributed by atoms with Gasteiger partial charge >= 0.3 is 5.97 Å². The molecule has 1 heterocycles. The molecule has 156 valence electrons. The number of hydrogen-bond acceptors (Lipinski definition) is 4. The number of methoxy groups -OCH3 is 1. The second-order valence-electron chi connectivity index (χ2n) is 7.43. The van der Waals surface area contributed by atoms with Gasteiger partial charge in [0.25, 0.3) is 0 Å². The monoisotopic (exact) mass is 423 g/mol. The van der Waals surface area contributed by atoms with Crippen molar-refractivity contribution in [1.29, 1.82) is 0 Å². The van der Waals surface area contributed by atoms with Crippen LogP contribution in [-0.2, 0) is 11.3 Å². The molecule has 6 heteroatoms. The second kappa shape index (κ2) is 9.59. The molecule has 2 aromatic carbocycles. The van der Waals surface area contributed by atoms with Crippen molar-refractivity contribution in [2.45, 2.75) is 26.8 Å². The topological polar surface area (TPSA) is 66.8 Å². The second-order valence-corrected chi connectivity index (χ2v) is 8.48. The summed E-state index contributed by atoms with van der Waals surface area (Å²) in [6.07, 6.45) is 0.333. The first-order chi connectivity index (χ1) is 14.4. The molecule has 0 fully saturated rings. The molecule has 1 aromatic heterocycles. The number of ether oxygens (including phenoxy) is 1. The number of rotatable bonds is 8. The van der Waals surface area contributed by atoms with E-state index in [-0.39, 0.29) is 23.2 Å². The average molecular weight is 424 g/mol. The Morgan fingerprint density at radius 3 is 2.43 bits per heavy atom. The number of amides is 1. The van der Waals surface area contributed by atoms with E-state index in [4.69, 9.17) is 4.74 Å². The molecule has 3 rings (SSSR count). The summed E-state index contributed by atoms with van der Waals surface area (Å²) in [5.74, 6) is -0.291. The minimum Gasteiger partial charge on any atom is -0.497 e. The maximum absolute atomic E-state index is 13.1. The van der Waals surface area contributed by atoms with Crippen molar-refractivity contribution < 1.29 is 19.4 Å². The van der Waals surface area contributed by atoms with Gasteiger partial charge < -0.3 is 14.7 Å². The highest BCUT2D eigenvalue weighted by Crippen LogP contribution is 2.38. The molecule has 1 N–H and O–H groups in total. The molecule has 0 aliphatic heterocycles. The van der Waals surface area contributed by atoms with Gasteiger partial charge in [-0.15, -0.1) is 11.3 Å². The van der Waals surface area contributed by atoms with Crippen molar-refractivity contribution >= 4 is 28.9 Å². The van der Waals surface area contributed by atoms with Crippen LogP contribution in [0.2, 0.25) is 0 Å². The van der Waals surface area contributed by atoms with E-state index in [1.807, 2.05) is 74.5 Å². The Balaban J connectivity index is 2.06. The molecule has 0 aliphatic carbocycles. The van der Waals surface area contributed by atoms with E-state index in [2.05, 4.69) is 0 Å². The average Bonchev–Trinajstić information content (AvgIpc) is 3.17. The molecule has 0 bridgehead atoms. The van der Waals surface area contributed by atoms with E-state index < -0.39 is 5.97 Å². The Morgan fingerprint density at radius 2 is 1.80 bits per heavy atom. The first kappa shape index (κ1) is 21.6. The predicted octanol–water partition coefficient (Wildman–Crippen LogP) is 5.70. The van der Waals surface area contributed by atoms with Gasteiger partial charge in [-0.25, -0.2) is 4.79 Å². The Bertz CT molecular complexity index is 1030. The molecule has 0 saturated heterocycles. The Morgan fingerprint density at radius 1 is 1.07 bits per heavy atom. The number of anilines is 1. The van der Waals surface area contributed by atoms with Gasteiger partial charge in [0.15, 0.2) is 0 Å². The van der Waals surface area contributed by atoms with Gasteiger partial charge in [0.2, 0.25) is 5.91 Å². The van der Waals surface area contributed by atoms with E-state index in [9.17, 15) is 14.7 Å². The highest BCUT2D eigenvalue weighted by atomic mass is 32.1.